The molecule has 494 valence electrons. The molecule has 4 aliphatic rings. The van der Waals surface area contributed by atoms with Crippen molar-refractivity contribution in [3.63, 3.8) is 0 Å². The molecular weight excluding hydrogens is 1320 g/mol. The Hall–Kier alpha value is -5.61. The van der Waals surface area contributed by atoms with E-state index in [1.165, 1.54) is 60.3 Å². The number of ketones is 2. The highest BCUT2D eigenvalue weighted by Crippen LogP contribution is 2.43. The van der Waals surface area contributed by atoms with E-state index in [-0.39, 0.29) is 54.7 Å². The zero-order chi connectivity index (χ0) is 66.7. The van der Waals surface area contributed by atoms with Gasteiger partial charge in [0.1, 0.15) is 29.9 Å². The van der Waals surface area contributed by atoms with Crippen LogP contribution in [0, 0.1) is 31.6 Å². The van der Waals surface area contributed by atoms with Crippen molar-refractivity contribution in [1.82, 2.24) is 30.2 Å². The summed E-state index contributed by atoms with van der Waals surface area (Å²) in [6, 6.07) is 14.6. The fourth-order valence-electron chi connectivity index (χ4n) is 11.4. The molecule has 10 N–H and O–H groups in total. The van der Waals surface area contributed by atoms with Gasteiger partial charge in [-0.3, -0.25) is 22.9 Å². The summed E-state index contributed by atoms with van der Waals surface area (Å²) in [5, 5.41) is 31.7. The second kappa shape index (κ2) is 32.0. The van der Waals surface area contributed by atoms with Crippen molar-refractivity contribution in [2.75, 3.05) is 51.1 Å². The number of amides is 1. The Morgan fingerprint density at radius 2 is 1.27 bits per heavy atom. The van der Waals surface area contributed by atoms with Crippen LogP contribution in [-0.2, 0) is 60.7 Å². The lowest BCUT2D eigenvalue weighted by molar-refractivity contribution is -0.259. The van der Waals surface area contributed by atoms with Gasteiger partial charge in [-0.2, -0.15) is 21.7 Å². The van der Waals surface area contributed by atoms with Crippen molar-refractivity contribution in [3.8, 4) is 0 Å². The molecule has 0 saturated heterocycles. The third-order valence-electron chi connectivity index (χ3n) is 15.4. The summed E-state index contributed by atoms with van der Waals surface area (Å²) in [4.78, 5) is 75.6. The number of rotatable bonds is 18. The van der Waals surface area contributed by atoms with Gasteiger partial charge in [0.05, 0.1) is 59.4 Å². The third-order valence-corrected chi connectivity index (χ3v) is 19.2. The van der Waals surface area contributed by atoms with Gasteiger partial charge in [-0.25, -0.2) is 35.0 Å². The van der Waals surface area contributed by atoms with Crippen molar-refractivity contribution < 1.29 is 68.4 Å². The zero-order valence-corrected chi connectivity index (χ0v) is 56.8. The van der Waals surface area contributed by atoms with E-state index < -0.39 is 58.6 Å². The monoisotopic (exact) mass is 1390 g/mol. The molecular formula is C58H74Cl2N11O15PS4. The predicted molar refractivity (Wildman–Crippen MR) is 343 cm³/mol. The number of aromatic nitrogens is 4. The molecule has 2 saturated carbocycles. The maximum Gasteiger partial charge on any atom is 0.521 e. The van der Waals surface area contributed by atoms with Gasteiger partial charge in [0.2, 0.25) is 11.6 Å². The maximum atomic E-state index is 14.0. The molecule has 0 radical (unpaired) electrons. The number of ether oxygens (including phenoxy) is 1. The molecule has 2 fully saturated rings. The molecule has 2 aromatic carbocycles. The van der Waals surface area contributed by atoms with Crippen LogP contribution in [0.4, 0.5) is 16.4 Å². The van der Waals surface area contributed by atoms with E-state index in [0.29, 0.717) is 74.8 Å². The highest BCUT2D eigenvalue weighted by atomic mass is 35.5. The summed E-state index contributed by atoms with van der Waals surface area (Å²) in [7, 11) is -8.33. The van der Waals surface area contributed by atoms with Gasteiger partial charge in [0.15, 0.2) is 0 Å². The summed E-state index contributed by atoms with van der Waals surface area (Å²) in [6.07, 6.45) is 8.19. The first kappa shape index (κ1) is 72.8. The van der Waals surface area contributed by atoms with Crippen molar-refractivity contribution in [2.45, 2.75) is 116 Å². The number of nitrogens with zero attached hydrogens (tertiary/aromatic N) is 5. The average molecular weight is 1400 g/mol. The number of aliphatic hydroxyl groups excluding tert-OH is 1. The molecule has 91 heavy (non-hydrogen) atoms. The van der Waals surface area contributed by atoms with Gasteiger partial charge >= 0.3 is 35.0 Å². The lowest BCUT2D eigenvalue weighted by Crippen LogP contribution is -2.43. The number of fused-ring (bicyclic) bond motifs is 2. The molecule has 26 nitrogen and oxygen atoms in total. The highest BCUT2D eigenvalue weighted by Gasteiger charge is 2.39. The van der Waals surface area contributed by atoms with Gasteiger partial charge < -0.3 is 36.4 Å². The number of nitrogens with one attached hydrogen (secondary N) is 3. The Morgan fingerprint density at radius 3 is 1.80 bits per heavy atom. The maximum absolute atomic E-state index is 14.0. The third kappa shape index (κ3) is 20.0. The zero-order valence-electron chi connectivity index (χ0n) is 51.1. The average Bonchev–Trinajstić information content (AvgIpc) is 1.84. The molecule has 2 aliphatic heterocycles. The quantitative estimate of drug-likeness (QED) is 0.0189. The molecule has 0 bridgehead atoms. The van der Waals surface area contributed by atoms with Crippen molar-refractivity contribution in [1.29, 1.82) is 0 Å². The lowest BCUT2D eigenvalue weighted by atomic mass is 9.88. The van der Waals surface area contributed by atoms with E-state index in [1.54, 1.807) is 4.90 Å². The summed E-state index contributed by atoms with van der Waals surface area (Å²) < 4.78 is 72.9. The standard InChI is InChI=1S/C31H38ClN5O6S2.C25H28ClN5O5S2.CH5N.CH3O4P/c1-17-10-22(11-20(17)15-42-45(33,40)41)36-29-25(14-34-16-35-29)28(38)26-13-23(18(2)44-26)27-24-12-21(32)7-6-19(24)8-9-37(27)30(39)43-31(3,4)5;1-13-18(23-19-7-16(26)3-2-14(19)4-5-29-23)9-22(37-13)24(33)20-10-28-12-30-25(20)31-17-6-15(21(32)8-17)11-36-38(27,34)35;1-2;1-4-5-6(2)3/h6-7,12-14,16-17,20,22,27H,8-11,15H2,1-5H3,(H2,33,40,41)(H,34,35,36);2-3,7,9-10,12,15,17,21,23,29,32H,4-6,8,11H2,1H3,(H2,27,34,35)(H,28,30,31);2H2,1H3;1H3/t17-,20+,22-,27-;15-,17-,21+,23+;;/m01../s1. The van der Waals surface area contributed by atoms with Crippen LogP contribution in [0.1, 0.15) is 139 Å². The van der Waals surface area contributed by atoms with Gasteiger partial charge in [-0.1, -0.05) is 42.3 Å². The van der Waals surface area contributed by atoms with Crippen LogP contribution in [0.5, 0.6) is 0 Å². The number of benzene rings is 2. The number of halogens is 2. The summed E-state index contributed by atoms with van der Waals surface area (Å²) in [5.41, 5.74) is 10.7. The molecule has 33 heteroatoms. The van der Waals surface area contributed by atoms with E-state index in [2.05, 4.69) is 61.4 Å². The number of nitrogens with two attached hydrogens (primary N) is 3. The van der Waals surface area contributed by atoms with Gasteiger partial charge in [-0.15, -0.1) is 22.7 Å². The normalized spacial score (nSPS) is 21.3. The fraction of sp³-hybridized carbons (Fsp3) is 0.466. The summed E-state index contributed by atoms with van der Waals surface area (Å²) in [5.74, 6) is 0.0323. The Bertz CT molecular complexity index is 3810. The summed E-state index contributed by atoms with van der Waals surface area (Å²) in [6.45, 7) is 12.5. The number of aryl methyl sites for hydroxylation is 2. The second-order valence-electron chi connectivity index (χ2n) is 22.8. The molecule has 10 rings (SSSR count). The second-order valence-corrected chi connectivity index (χ2v) is 29.3. The van der Waals surface area contributed by atoms with Crippen LogP contribution in [-0.4, -0.2) is 129 Å². The van der Waals surface area contributed by atoms with Gasteiger partial charge in [-0.05, 0) is 166 Å². The van der Waals surface area contributed by atoms with Crippen LogP contribution in [0.3, 0.4) is 0 Å². The van der Waals surface area contributed by atoms with Crippen LogP contribution in [0.15, 0.2) is 73.6 Å². The number of aliphatic hydroxyl groups is 1. The van der Waals surface area contributed by atoms with Crippen LogP contribution < -0.4 is 36.9 Å². The minimum absolute atomic E-state index is 0.000805. The van der Waals surface area contributed by atoms with E-state index in [1.807, 2.05) is 84.0 Å². The number of carbonyl (C=O) groups excluding carboxylic acids is 3. The lowest BCUT2D eigenvalue weighted by Gasteiger charge is -2.38. The number of hydrogen-bond acceptors (Lipinski definition) is 25. The topological polar surface area (TPSA) is 395 Å². The molecule has 4 aromatic heterocycles. The fourth-order valence-corrected chi connectivity index (χ4v) is 14.6. The number of hydrogen-bond donors (Lipinski definition) is 7. The molecule has 6 aromatic rings. The van der Waals surface area contributed by atoms with E-state index in [4.69, 9.17) is 42.4 Å². The van der Waals surface area contributed by atoms with Crippen molar-refractivity contribution in [3.05, 3.63) is 148 Å². The Morgan fingerprint density at radius 1 is 0.769 bits per heavy atom. The van der Waals surface area contributed by atoms with E-state index in [0.717, 1.165) is 64.1 Å². The molecule has 6 heterocycles. The molecule has 9 atom stereocenters. The van der Waals surface area contributed by atoms with Crippen LogP contribution in [0.25, 0.3) is 0 Å². The smallest absolute Gasteiger partial charge is 0.521 e. The first-order valence-electron chi connectivity index (χ1n) is 28.6. The number of anilines is 2. The minimum atomic E-state index is -4.10. The summed E-state index contributed by atoms with van der Waals surface area (Å²) >= 11 is 15.5. The molecule has 1 unspecified atom stereocenters. The Balaban J connectivity index is 0.000000234. The SMILES string of the molecule is CN.COO[P+](=O)[O-].Cc1sc(C(=O)c2cncnc2N[C@@H]2C[C@H](COS(N)(=O)=O)[C@@H](C)C2)cc1[C@H]1c2cc(Cl)ccc2CCN1C(=O)OC(C)(C)C.Cc1sc(C(=O)c2cncnc2N[C@@H]2C[C@H](COS(N)(=O)=O)[C@@H](O)C2)cc1[C@@H]1NCCc2ccc(Cl)cc21. The van der Waals surface area contributed by atoms with E-state index in [9.17, 15) is 45.8 Å². The number of thiophene rings is 2. The largest absolute Gasteiger partial charge is 0.565 e. The van der Waals surface area contributed by atoms with Crippen molar-refractivity contribution in [2.24, 2.45) is 33.8 Å². The van der Waals surface area contributed by atoms with E-state index >= 15 is 0 Å². The van der Waals surface area contributed by atoms with Crippen LogP contribution >= 0.6 is 54.1 Å². The molecule has 1 amide bonds. The Kier molecular flexibility index (Phi) is 25.6. The first-order chi connectivity index (χ1) is 42.9. The number of carbonyl (C=O) groups is 3. The highest BCUT2D eigenvalue weighted by molar-refractivity contribution is 7.84. The van der Waals surface area contributed by atoms with Gasteiger partial charge in [0.25, 0.3) is 0 Å². The van der Waals surface area contributed by atoms with Crippen LogP contribution in [0.2, 0.25) is 10.0 Å². The Labute approximate surface area is 547 Å². The molecule has 2 aliphatic carbocycles. The predicted octanol–water partition coefficient (Wildman–Crippen LogP) is 7.55. The minimum Gasteiger partial charge on any atom is -0.565 e. The van der Waals surface area contributed by atoms with Gasteiger partial charge in [0, 0.05) is 68.0 Å². The molecule has 0 spiro atoms. The van der Waals surface area contributed by atoms with Crippen molar-refractivity contribution >= 4 is 104 Å². The first-order valence-corrected chi connectivity index (χ1v) is 35.1.